The van der Waals surface area contributed by atoms with Gasteiger partial charge in [-0.25, -0.2) is 0 Å². The molecule has 1 aromatic rings. The molecule has 0 aliphatic carbocycles. The number of benzene rings is 1. The summed E-state index contributed by atoms with van der Waals surface area (Å²) in [4.78, 5) is 0. The van der Waals surface area contributed by atoms with Crippen LogP contribution in [0.4, 0.5) is 0 Å². The number of rotatable bonds is 1. The standard InChI is InChI=1S/C10H11O2/c1-8-2-4-9(5-3-8)10-11-6-7-12-10/h2-6,10H,7H2,1H3. The molecule has 0 N–H and O–H groups in total. The minimum atomic E-state index is -0.189. The summed E-state index contributed by atoms with van der Waals surface area (Å²) in [6, 6.07) is 8.17. The molecule has 1 fully saturated rings. The second kappa shape index (κ2) is 3.25. The van der Waals surface area contributed by atoms with Gasteiger partial charge in [0.25, 0.3) is 0 Å². The van der Waals surface area contributed by atoms with E-state index in [4.69, 9.17) is 9.47 Å². The number of hydrogen-bond donors (Lipinski definition) is 0. The molecule has 1 heterocycles. The Labute approximate surface area is 72.1 Å². The van der Waals surface area contributed by atoms with E-state index in [0.29, 0.717) is 6.61 Å². The van der Waals surface area contributed by atoms with Gasteiger partial charge in [-0.1, -0.05) is 29.8 Å². The second-order valence-corrected chi connectivity index (χ2v) is 2.88. The Morgan fingerprint density at radius 1 is 1.25 bits per heavy atom. The lowest BCUT2D eigenvalue weighted by molar-refractivity contribution is -0.0355. The summed E-state index contributed by atoms with van der Waals surface area (Å²) in [5, 5.41) is 0. The molecule has 12 heavy (non-hydrogen) atoms. The molecule has 1 saturated heterocycles. The summed E-state index contributed by atoms with van der Waals surface area (Å²) in [5.74, 6) is 0. The molecule has 2 heteroatoms. The van der Waals surface area contributed by atoms with Crippen molar-refractivity contribution in [1.29, 1.82) is 0 Å². The van der Waals surface area contributed by atoms with Gasteiger partial charge in [0.1, 0.15) is 6.61 Å². The summed E-state index contributed by atoms with van der Waals surface area (Å²) < 4.78 is 10.5. The molecule has 2 rings (SSSR count). The fourth-order valence-electron chi connectivity index (χ4n) is 1.19. The Hall–Kier alpha value is -0.860. The van der Waals surface area contributed by atoms with Crippen molar-refractivity contribution >= 4 is 0 Å². The van der Waals surface area contributed by atoms with Gasteiger partial charge in [0.15, 0.2) is 6.29 Å². The lowest BCUT2D eigenvalue weighted by Gasteiger charge is -2.08. The second-order valence-electron chi connectivity index (χ2n) is 2.88. The van der Waals surface area contributed by atoms with Crippen LogP contribution in [0.2, 0.25) is 0 Å². The van der Waals surface area contributed by atoms with Crippen LogP contribution in [-0.2, 0) is 9.47 Å². The average molecular weight is 163 g/mol. The van der Waals surface area contributed by atoms with Gasteiger partial charge in [-0.15, -0.1) is 0 Å². The minimum Gasteiger partial charge on any atom is -0.346 e. The molecule has 1 unspecified atom stereocenters. The third-order valence-corrected chi connectivity index (χ3v) is 1.88. The summed E-state index contributed by atoms with van der Waals surface area (Å²) in [6.07, 6.45) is -0.189. The third kappa shape index (κ3) is 1.49. The molecular formula is C10H11O2. The van der Waals surface area contributed by atoms with Crippen molar-refractivity contribution in [3.05, 3.63) is 42.0 Å². The van der Waals surface area contributed by atoms with Crippen LogP contribution in [0.1, 0.15) is 17.4 Å². The van der Waals surface area contributed by atoms with E-state index in [1.165, 1.54) is 5.56 Å². The maximum atomic E-state index is 5.30. The van der Waals surface area contributed by atoms with Gasteiger partial charge in [-0.3, -0.25) is 0 Å². The molecule has 1 atom stereocenters. The first kappa shape index (κ1) is 7.77. The molecule has 1 aromatic carbocycles. The highest BCUT2D eigenvalue weighted by Gasteiger charge is 2.17. The lowest BCUT2D eigenvalue weighted by Crippen LogP contribution is -1.96. The summed E-state index contributed by atoms with van der Waals surface area (Å²) in [7, 11) is 0. The van der Waals surface area contributed by atoms with E-state index in [1.807, 2.05) is 12.1 Å². The predicted molar refractivity (Wildman–Crippen MR) is 45.3 cm³/mol. The average Bonchev–Trinajstić information content (AvgIpc) is 2.58. The van der Waals surface area contributed by atoms with Crippen molar-refractivity contribution in [2.24, 2.45) is 0 Å². The van der Waals surface area contributed by atoms with E-state index >= 15 is 0 Å². The SMILES string of the molecule is Cc1ccc(C2O[CH]CO2)cc1. The zero-order valence-electron chi connectivity index (χ0n) is 6.99. The Morgan fingerprint density at radius 3 is 2.58 bits per heavy atom. The first-order valence-corrected chi connectivity index (χ1v) is 4.01. The fraction of sp³-hybridized carbons (Fsp3) is 0.300. The van der Waals surface area contributed by atoms with E-state index in [1.54, 1.807) is 6.61 Å². The normalized spacial score (nSPS) is 18.4. The van der Waals surface area contributed by atoms with Gasteiger partial charge < -0.3 is 9.47 Å². The highest BCUT2D eigenvalue weighted by molar-refractivity contribution is 5.22. The molecule has 0 amide bonds. The zero-order chi connectivity index (χ0) is 8.39. The number of aryl methyl sites for hydroxylation is 1. The molecule has 0 bridgehead atoms. The summed E-state index contributed by atoms with van der Waals surface area (Å²) in [6.45, 7) is 4.33. The Bertz CT molecular complexity index is 247. The quantitative estimate of drug-likeness (QED) is 0.631. The number of ether oxygens (including phenoxy) is 2. The molecule has 2 nitrogen and oxygen atoms in total. The van der Waals surface area contributed by atoms with Crippen molar-refractivity contribution in [3.63, 3.8) is 0 Å². The van der Waals surface area contributed by atoms with Crippen molar-refractivity contribution in [2.75, 3.05) is 6.61 Å². The molecule has 0 aromatic heterocycles. The maximum Gasteiger partial charge on any atom is 0.184 e. The van der Waals surface area contributed by atoms with Crippen molar-refractivity contribution in [1.82, 2.24) is 0 Å². The largest absolute Gasteiger partial charge is 0.346 e. The van der Waals surface area contributed by atoms with E-state index in [9.17, 15) is 0 Å². The summed E-state index contributed by atoms with van der Waals surface area (Å²) in [5.41, 5.74) is 2.33. The highest BCUT2D eigenvalue weighted by Crippen LogP contribution is 2.24. The maximum absolute atomic E-state index is 5.30. The predicted octanol–water partition coefficient (Wildman–Crippen LogP) is 2.20. The molecule has 1 aliphatic rings. The zero-order valence-corrected chi connectivity index (χ0v) is 6.99. The molecule has 0 saturated carbocycles. The van der Waals surface area contributed by atoms with Crippen LogP contribution in [0, 0.1) is 13.5 Å². The van der Waals surface area contributed by atoms with Gasteiger partial charge in [0.05, 0.1) is 6.61 Å². The fourth-order valence-corrected chi connectivity index (χ4v) is 1.19. The van der Waals surface area contributed by atoms with Crippen LogP contribution in [0.5, 0.6) is 0 Å². The van der Waals surface area contributed by atoms with Gasteiger partial charge in [-0.05, 0) is 6.92 Å². The monoisotopic (exact) mass is 163 g/mol. The topological polar surface area (TPSA) is 18.5 Å². The van der Waals surface area contributed by atoms with Crippen LogP contribution in [0.15, 0.2) is 24.3 Å². The van der Waals surface area contributed by atoms with Crippen LogP contribution < -0.4 is 0 Å². The van der Waals surface area contributed by atoms with Crippen molar-refractivity contribution < 1.29 is 9.47 Å². The molecular weight excluding hydrogens is 152 g/mol. The first-order valence-electron chi connectivity index (χ1n) is 4.01. The molecule has 1 radical (unpaired) electrons. The van der Waals surface area contributed by atoms with Crippen LogP contribution in [0.25, 0.3) is 0 Å². The highest BCUT2D eigenvalue weighted by atomic mass is 16.7. The number of hydrogen-bond acceptors (Lipinski definition) is 2. The third-order valence-electron chi connectivity index (χ3n) is 1.88. The summed E-state index contributed by atoms with van der Waals surface area (Å²) >= 11 is 0. The van der Waals surface area contributed by atoms with Crippen LogP contribution in [0.3, 0.4) is 0 Å². The van der Waals surface area contributed by atoms with E-state index < -0.39 is 0 Å². The van der Waals surface area contributed by atoms with E-state index in [0.717, 1.165) is 5.56 Å². The van der Waals surface area contributed by atoms with Crippen molar-refractivity contribution in [2.45, 2.75) is 13.2 Å². The Kier molecular flexibility index (Phi) is 2.11. The van der Waals surface area contributed by atoms with Gasteiger partial charge in [0.2, 0.25) is 0 Å². The van der Waals surface area contributed by atoms with Crippen molar-refractivity contribution in [3.8, 4) is 0 Å². The van der Waals surface area contributed by atoms with Gasteiger partial charge in [-0.2, -0.15) is 0 Å². The first-order chi connectivity index (χ1) is 5.86. The molecule has 63 valence electrons. The van der Waals surface area contributed by atoms with Crippen LogP contribution >= 0.6 is 0 Å². The Balaban J connectivity index is 2.17. The van der Waals surface area contributed by atoms with E-state index in [-0.39, 0.29) is 6.29 Å². The van der Waals surface area contributed by atoms with Gasteiger partial charge in [0, 0.05) is 5.56 Å². The molecule has 1 aliphatic heterocycles. The van der Waals surface area contributed by atoms with Gasteiger partial charge >= 0.3 is 0 Å². The van der Waals surface area contributed by atoms with Crippen LogP contribution in [-0.4, -0.2) is 6.61 Å². The van der Waals surface area contributed by atoms with E-state index in [2.05, 4.69) is 19.1 Å². The lowest BCUT2D eigenvalue weighted by atomic mass is 10.1. The Morgan fingerprint density at radius 2 is 2.00 bits per heavy atom. The smallest absolute Gasteiger partial charge is 0.184 e. The minimum absolute atomic E-state index is 0.189. The molecule has 0 spiro atoms.